The molecular weight excluding hydrogens is 358 g/mol. The molecule has 1 unspecified atom stereocenters. The van der Waals surface area contributed by atoms with E-state index < -0.39 is 0 Å². The summed E-state index contributed by atoms with van der Waals surface area (Å²) in [4.78, 5) is 4.62. The molecule has 1 atom stereocenters. The summed E-state index contributed by atoms with van der Waals surface area (Å²) in [5, 5.41) is 14.8. The zero-order valence-electron chi connectivity index (χ0n) is 15.0. The first-order valence-electron chi connectivity index (χ1n) is 9.09. The molecule has 2 aromatic rings. The average molecular weight is 376 g/mol. The highest BCUT2D eigenvalue weighted by molar-refractivity contribution is 5.86. The summed E-state index contributed by atoms with van der Waals surface area (Å²) in [7, 11) is 0. The van der Waals surface area contributed by atoms with E-state index in [4.69, 9.17) is 5.26 Å². The normalized spacial score (nSPS) is 20.1. The Kier molecular flexibility index (Phi) is 4.90. The van der Waals surface area contributed by atoms with Crippen molar-refractivity contribution in [1.29, 1.82) is 5.26 Å². The van der Waals surface area contributed by atoms with E-state index in [0.717, 1.165) is 47.2 Å². The minimum absolute atomic E-state index is 0.273. The van der Waals surface area contributed by atoms with Crippen molar-refractivity contribution >= 4 is 12.0 Å². The van der Waals surface area contributed by atoms with E-state index >= 15 is 0 Å². The van der Waals surface area contributed by atoms with Crippen molar-refractivity contribution in [2.24, 2.45) is 4.99 Å². The molecule has 1 heterocycles. The number of nitrogens with one attached hydrogen (secondary N) is 2. The molecule has 28 heavy (non-hydrogen) atoms. The Balaban J connectivity index is 1.77. The Hall–Kier alpha value is -3.46. The molecule has 0 amide bonds. The fraction of sp³-hybridized carbons (Fsp3) is 0.182. The van der Waals surface area contributed by atoms with Crippen molar-refractivity contribution in [3.8, 4) is 6.19 Å². The first kappa shape index (κ1) is 17.9. The molecule has 0 aromatic heterocycles. The van der Waals surface area contributed by atoms with Crippen LogP contribution in [0.5, 0.6) is 0 Å². The monoisotopic (exact) mass is 376 g/mol. The molecule has 0 fully saturated rings. The minimum atomic E-state index is -0.299. The number of allylic oxidation sites excluding steroid dienone is 1. The van der Waals surface area contributed by atoms with E-state index in [0.29, 0.717) is 5.96 Å². The lowest BCUT2D eigenvalue weighted by atomic mass is 9.84. The van der Waals surface area contributed by atoms with Crippen LogP contribution in [0.25, 0.3) is 6.08 Å². The molecule has 6 heteroatoms. The van der Waals surface area contributed by atoms with Crippen LogP contribution in [0.2, 0.25) is 0 Å². The number of benzene rings is 2. The molecule has 0 radical (unpaired) electrons. The minimum Gasteiger partial charge on any atom is -0.325 e. The zero-order valence-corrected chi connectivity index (χ0v) is 15.0. The number of hydrogen-bond acceptors (Lipinski definition) is 4. The molecular formula is C22H18F2N4. The van der Waals surface area contributed by atoms with Crippen LogP contribution in [0.4, 0.5) is 8.78 Å². The number of nitriles is 1. The summed E-state index contributed by atoms with van der Waals surface area (Å²) in [5.41, 5.74) is 4.89. The van der Waals surface area contributed by atoms with Crippen molar-refractivity contribution in [2.45, 2.75) is 25.3 Å². The number of hydrogen-bond donors (Lipinski definition) is 2. The lowest BCUT2D eigenvalue weighted by Crippen LogP contribution is -2.39. The van der Waals surface area contributed by atoms with Crippen molar-refractivity contribution in [3.63, 3.8) is 0 Å². The van der Waals surface area contributed by atoms with Gasteiger partial charge < -0.3 is 5.32 Å². The van der Waals surface area contributed by atoms with Crippen molar-refractivity contribution < 1.29 is 8.78 Å². The number of rotatable bonds is 2. The zero-order chi connectivity index (χ0) is 19.5. The van der Waals surface area contributed by atoms with Gasteiger partial charge >= 0.3 is 0 Å². The van der Waals surface area contributed by atoms with Crippen LogP contribution in [-0.2, 0) is 0 Å². The third kappa shape index (κ3) is 3.65. The second-order valence-electron chi connectivity index (χ2n) is 6.77. The molecule has 0 saturated heterocycles. The Labute approximate surface area is 161 Å². The van der Waals surface area contributed by atoms with Crippen LogP contribution < -0.4 is 10.6 Å². The van der Waals surface area contributed by atoms with E-state index in [1.807, 2.05) is 12.3 Å². The van der Waals surface area contributed by atoms with E-state index in [1.165, 1.54) is 24.3 Å². The van der Waals surface area contributed by atoms with Gasteiger partial charge in [0.1, 0.15) is 17.7 Å². The van der Waals surface area contributed by atoms with E-state index in [9.17, 15) is 8.78 Å². The second kappa shape index (κ2) is 7.65. The Morgan fingerprint density at radius 2 is 1.71 bits per heavy atom. The average Bonchev–Trinajstić information content (AvgIpc) is 2.70. The molecule has 2 aromatic carbocycles. The summed E-state index contributed by atoms with van der Waals surface area (Å²) < 4.78 is 26.6. The largest absolute Gasteiger partial charge is 0.325 e. The third-order valence-corrected chi connectivity index (χ3v) is 4.94. The molecule has 4 rings (SSSR count). The quantitative estimate of drug-likeness (QED) is 0.597. The molecule has 0 bridgehead atoms. The van der Waals surface area contributed by atoms with Crippen molar-refractivity contribution in [1.82, 2.24) is 10.6 Å². The van der Waals surface area contributed by atoms with Crippen LogP contribution in [0.1, 0.15) is 36.4 Å². The van der Waals surface area contributed by atoms with Crippen LogP contribution in [0, 0.1) is 23.1 Å². The van der Waals surface area contributed by atoms with Gasteiger partial charge in [-0.1, -0.05) is 24.3 Å². The van der Waals surface area contributed by atoms with Crippen LogP contribution in [-0.4, -0.2) is 5.96 Å². The summed E-state index contributed by atoms with van der Waals surface area (Å²) in [5.74, 6) is -0.209. The van der Waals surface area contributed by atoms with Crippen molar-refractivity contribution in [2.75, 3.05) is 0 Å². The summed E-state index contributed by atoms with van der Waals surface area (Å²) in [6, 6.07) is 12.3. The van der Waals surface area contributed by atoms with Gasteiger partial charge in [0.05, 0.1) is 0 Å². The number of nitrogens with zero attached hydrogens (tertiary/aromatic N) is 2. The van der Waals surface area contributed by atoms with Gasteiger partial charge in [0.25, 0.3) is 0 Å². The highest BCUT2D eigenvalue weighted by Gasteiger charge is 2.29. The van der Waals surface area contributed by atoms with Gasteiger partial charge in [-0.3, -0.25) is 5.32 Å². The van der Waals surface area contributed by atoms with Gasteiger partial charge in [0.15, 0.2) is 6.19 Å². The molecule has 140 valence electrons. The second-order valence-corrected chi connectivity index (χ2v) is 6.77. The van der Waals surface area contributed by atoms with E-state index in [2.05, 4.69) is 15.6 Å². The highest BCUT2D eigenvalue weighted by Crippen LogP contribution is 2.40. The maximum atomic E-state index is 13.4. The predicted octanol–water partition coefficient (Wildman–Crippen LogP) is 4.56. The van der Waals surface area contributed by atoms with Crippen LogP contribution in [0.3, 0.4) is 0 Å². The third-order valence-electron chi connectivity index (χ3n) is 4.94. The maximum Gasteiger partial charge on any atom is 0.210 e. The van der Waals surface area contributed by atoms with Gasteiger partial charge in [-0.2, -0.15) is 5.26 Å². The number of halogens is 2. The lowest BCUT2D eigenvalue weighted by Gasteiger charge is -2.32. The first-order chi connectivity index (χ1) is 13.6. The Morgan fingerprint density at radius 3 is 2.39 bits per heavy atom. The summed E-state index contributed by atoms with van der Waals surface area (Å²) in [6.45, 7) is 0. The standard InChI is InChI=1S/C22H18F2N4/c23-17-8-4-14(5-9-17)12-16-2-1-3-19-20(15-6-10-18(24)11-7-15)27-22(26-13-25)28-21(16)19/h4-12,20H,1-3H2,(H2,26,27,28)/b16-12+. The predicted molar refractivity (Wildman–Crippen MR) is 104 cm³/mol. The van der Waals surface area contributed by atoms with Gasteiger partial charge in [-0.05, 0) is 71.9 Å². The molecule has 0 spiro atoms. The number of guanidine groups is 1. The fourth-order valence-corrected chi connectivity index (χ4v) is 3.66. The molecule has 2 aliphatic rings. The van der Waals surface area contributed by atoms with Crippen LogP contribution in [0.15, 0.2) is 70.4 Å². The SMILES string of the molecule is N#CNC1=NC(c2ccc(F)cc2)C2=C(N1)/C(=C/c1ccc(F)cc1)CCC2. The van der Waals surface area contributed by atoms with Gasteiger partial charge in [0, 0.05) is 5.70 Å². The van der Waals surface area contributed by atoms with Gasteiger partial charge in [-0.25, -0.2) is 13.8 Å². The lowest BCUT2D eigenvalue weighted by molar-refractivity contribution is 0.622. The molecule has 4 nitrogen and oxygen atoms in total. The first-order valence-corrected chi connectivity index (χ1v) is 9.09. The summed E-state index contributed by atoms with van der Waals surface area (Å²) >= 11 is 0. The highest BCUT2D eigenvalue weighted by atomic mass is 19.1. The Morgan fingerprint density at radius 1 is 1.04 bits per heavy atom. The molecule has 1 aliphatic carbocycles. The smallest absolute Gasteiger partial charge is 0.210 e. The molecule has 1 aliphatic heterocycles. The van der Waals surface area contributed by atoms with E-state index in [1.54, 1.807) is 24.3 Å². The topological polar surface area (TPSA) is 60.2 Å². The van der Waals surface area contributed by atoms with Gasteiger partial charge in [-0.15, -0.1) is 0 Å². The van der Waals surface area contributed by atoms with Crippen LogP contribution >= 0.6 is 0 Å². The van der Waals surface area contributed by atoms with Crippen molar-refractivity contribution in [3.05, 3.63) is 88.1 Å². The fourth-order valence-electron chi connectivity index (χ4n) is 3.66. The maximum absolute atomic E-state index is 13.4. The molecule has 0 saturated carbocycles. The van der Waals surface area contributed by atoms with Gasteiger partial charge in [0.2, 0.25) is 5.96 Å². The summed E-state index contributed by atoms with van der Waals surface area (Å²) in [6.07, 6.45) is 6.60. The van der Waals surface area contributed by atoms with E-state index in [-0.39, 0.29) is 17.7 Å². The Bertz CT molecular complexity index is 1010. The molecule has 2 N–H and O–H groups in total. The number of aliphatic imine (C=N–C) groups is 1.